The van der Waals surface area contributed by atoms with Gasteiger partial charge >= 0.3 is 0 Å². The average Bonchev–Trinajstić information content (AvgIpc) is 2.91. The molecule has 4 heteroatoms. The second kappa shape index (κ2) is 6.00. The Hall–Kier alpha value is -1.10. The van der Waals surface area contributed by atoms with Crippen molar-refractivity contribution in [3.05, 3.63) is 46.4 Å². The van der Waals surface area contributed by atoms with Gasteiger partial charge in [-0.3, -0.25) is 0 Å². The van der Waals surface area contributed by atoms with E-state index in [1.165, 1.54) is 10.6 Å². The molecule has 2 heterocycles. The molecule has 0 aliphatic rings. The van der Waals surface area contributed by atoms with Crippen LogP contribution in [0.5, 0.6) is 0 Å². The molecule has 2 aromatic heterocycles. The van der Waals surface area contributed by atoms with Crippen molar-refractivity contribution in [3.63, 3.8) is 0 Å². The van der Waals surface area contributed by atoms with E-state index in [0.717, 1.165) is 13.1 Å². The highest BCUT2D eigenvalue weighted by molar-refractivity contribution is 7.09. The van der Waals surface area contributed by atoms with E-state index in [-0.39, 0.29) is 6.10 Å². The molecule has 3 nitrogen and oxygen atoms in total. The summed E-state index contributed by atoms with van der Waals surface area (Å²) < 4.78 is 2.24. The van der Waals surface area contributed by atoms with Gasteiger partial charge in [0.1, 0.15) is 0 Å². The van der Waals surface area contributed by atoms with Crippen molar-refractivity contribution in [2.45, 2.75) is 26.1 Å². The molecule has 0 amide bonds. The smallest absolute Gasteiger partial charge is 0.0636 e. The molecule has 92 valence electrons. The summed E-state index contributed by atoms with van der Waals surface area (Å²) in [5.41, 5.74) is 1.25. The van der Waals surface area contributed by atoms with Crippen LogP contribution in [0.25, 0.3) is 0 Å². The third-order valence-corrected chi connectivity index (χ3v) is 3.44. The first kappa shape index (κ1) is 12.4. The highest BCUT2D eigenvalue weighted by atomic mass is 32.1. The highest BCUT2D eigenvalue weighted by Gasteiger charge is 2.03. The van der Waals surface area contributed by atoms with Crippen LogP contribution in [0.1, 0.15) is 17.5 Å². The van der Waals surface area contributed by atoms with Crippen molar-refractivity contribution >= 4 is 11.3 Å². The molecule has 0 aliphatic carbocycles. The van der Waals surface area contributed by atoms with E-state index in [1.807, 2.05) is 0 Å². The van der Waals surface area contributed by atoms with Gasteiger partial charge < -0.3 is 15.0 Å². The van der Waals surface area contributed by atoms with Crippen LogP contribution in [0, 0.1) is 0 Å². The van der Waals surface area contributed by atoms with Crippen LogP contribution in [0.2, 0.25) is 0 Å². The first-order valence-corrected chi connectivity index (χ1v) is 6.69. The van der Waals surface area contributed by atoms with Gasteiger partial charge in [-0.25, -0.2) is 0 Å². The Morgan fingerprint density at radius 1 is 1.41 bits per heavy atom. The maximum Gasteiger partial charge on any atom is 0.0636 e. The standard InChI is InChI=1S/C13H18N2OS/c1-11(16)8-14-9-12-4-2-6-15(12)10-13-5-3-7-17-13/h2-7,11,14,16H,8-10H2,1H3. The number of rotatable bonds is 6. The van der Waals surface area contributed by atoms with E-state index in [9.17, 15) is 5.11 Å². The number of hydrogen-bond donors (Lipinski definition) is 2. The fourth-order valence-electron chi connectivity index (χ4n) is 1.74. The zero-order chi connectivity index (χ0) is 12.1. The number of nitrogens with one attached hydrogen (secondary N) is 1. The Balaban J connectivity index is 1.92. The van der Waals surface area contributed by atoms with E-state index < -0.39 is 0 Å². The number of aliphatic hydroxyl groups is 1. The zero-order valence-corrected chi connectivity index (χ0v) is 10.8. The lowest BCUT2D eigenvalue weighted by Gasteiger charge is -2.10. The Morgan fingerprint density at radius 2 is 2.29 bits per heavy atom. The maximum absolute atomic E-state index is 9.19. The van der Waals surface area contributed by atoms with E-state index >= 15 is 0 Å². The van der Waals surface area contributed by atoms with Crippen molar-refractivity contribution in [1.82, 2.24) is 9.88 Å². The van der Waals surface area contributed by atoms with Crippen LogP contribution in [0.3, 0.4) is 0 Å². The predicted molar refractivity (Wildman–Crippen MR) is 71.2 cm³/mol. The number of thiophene rings is 1. The minimum atomic E-state index is -0.296. The third-order valence-electron chi connectivity index (χ3n) is 2.58. The maximum atomic E-state index is 9.19. The van der Waals surface area contributed by atoms with E-state index in [4.69, 9.17) is 0 Å². The number of aliphatic hydroxyl groups excluding tert-OH is 1. The SMILES string of the molecule is CC(O)CNCc1cccn1Cc1cccs1. The molecule has 1 atom stereocenters. The summed E-state index contributed by atoms with van der Waals surface area (Å²) in [6, 6.07) is 8.40. The van der Waals surface area contributed by atoms with Crippen LogP contribution >= 0.6 is 11.3 Å². The second-order valence-electron chi connectivity index (χ2n) is 4.19. The van der Waals surface area contributed by atoms with E-state index in [0.29, 0.717) is 6.54 Å². The fraction of sp³-hybridized carbons (Fsp3) is 0.385. The monoisotopic (exact) mass is 250 g/mol. The van der Waals surface area contributed by atoms with Crippen molar-refractivity contribution in [2.75, 3.05) is 6.54 Å². The Morgan fingerprint density at radius 3 is 3.00 bits per heavy atom. The van der Waals surface area contributed by atoms with Gasteiger partial charge in [-0.15, -0.1) is 11.3 Å². The first-order valence-electron chi connectivity index (χ1n) is 5.81. The van der Waals surface area contributed by atoms with E-state index in [1.54, 1.807) is 18.3 Å². The molecule has 0 saturated heterocycles. The summed E-state index contributed by atoms with van der Waals surface area (Å²) >= 11 is 1.78. The third kappa shape index (κ3) is 3.70. The summed E-state index contributed by atoms with van der Waals surface area (Å²) in [5.74, 6) is 0. The highest BCUT2D eigenvalue weighted by Crippen LogP contribution is 2.12. The summed E-state index contributed by atoms with van der Waals surface area (Å²) in [4.78, 5) is 1.36. The fourth-order valence-corrected chi connectivity index (χ4v) is 2.45. The molecule has 0 spiro atoms. The van der Waals surface area contributed by atoms with Crippen molar-refractivity contribution in [3.8, 4) is 0 Å². The Labute approximate surface area is 106 Å². The summed E-state index contributed by atoms with van der Waals surface area (Å²) in [5, 5.41) is 14.5. The molecule has 17 heavy (non-hydrogen) atoms. The molecule has 0 fully saturated rings. The minimum absolute atomic E-state index is 0.296. The van der Waals surface area contributed by atoms with Gasteiger partial charge in [0.05, 0.1) is 12.6 Å². The summed E-state index contributed by atoms with van der Waals surface area (Å²) in [6.45, 7) is 4.14. The largest absolute Gasteiger partial charge is 0.392 e. The molecule has 0 aliphatic heterocycles. The van der Waals surface area contributed by atoms with Gasteiger partial charge in [-0.2, -0.15) is 0 Å². The van der Waals surface area contributed by atoms with Crippen LogP contribution in [0.4, 0.5) is 0 Å². The van der Waals surface area contributed by atoms with Crippen LogP contribution in [-0.4, -0.2) is 22.3 Å². The lowest BCUT2D eigenvalue weighted by atomic mass is 10.3. The van der Waals surface area contributed by atoms with Crippen molar-refractivity contribution in [2.24, 2.45) is 0 Å². The summed E-state index contributed by atoms with van der Waals surface area (Å²) in [6.07, 6.45) is 1.80. The molecule has 0 aromatic carbocycles. The topological polar surface area (TPSA) is 37.2 Å². The molecule has 2 aromatic rings. The van der Waals surface area contributed by atoms with Gasteiger partial charge in [0.25, 0.3) is 0 Å². The van der Waals surface area contributed by atoms with E-state index in [2.05, 4.69) is 45.7 Å². The second-order valence-corrected chi connectivity index (χ2v) is 5.22. The molecule has 2 rings (SSSR count). The van der Waals surface area contributed by atoms with Crippen molar-refractivity contribution < 1.29 is 5.11 Å². The molecular weight excluding hydrogens is 232 g/mol. The summed E-state index contributed by atoms with van der Waals surface area (Å²) in [7, 11) is 0. The lowest BCUT2D eigenvalue weighted by Crippen LogP contribution is -2.25. The molecule has 0 radical (unpaired) electrons. The molecule has 0 saturated carbocycles. The van der Waals surface area contributed by atoms with Gasteiger partial charge in [0.15, 0.2) is 0 Å². The van der Waals surface area contributed by atoms with Crippen LogP contribution in [-0.2, 0) is 13.1 Å². The molecule has 0 bridgehead atoms. The molecule has 1 unspecified atom stereocenters. The van der Waals surface area contributed by atoms with Crippen molar-refractivity contribution in [1.29, 1.82) is 0 Å². The number of hydrogen-bond acceptors (Lipinski definition) is 3. The molecule has 2 N–H and O–H groups in total. The normalized spacial score (nSPS) is 12.8. The Bertz CT molecular complexity index is 434. The first-order chi connectivity index (χ1) is 8.25. The van der Waals surface area contributed by atoms with Gasteiger partial charge in [-0.1, -0.05) is 6.07 Å². The van der Waals surface area contributed by atoms with Gasteiger partial charge in [0.2, 0.25) is 0 Å². The van der Waals surface area contributed by atoms with Gasteiger partial charge in [0, 0.05) is 29.9 Å². The zero-order valence-electron chi connectivity index (χ0n) is 9.97. The van der Waals surface area contributed by atoms with Crippen LogP contribution in [0.15, 0.2) is 35.8 Å². The van der Waals surface area contributed by atoms with Gasteiger partial charge in [-0.05, 0) is 30.5 Å². The number of aromatic nitrogens is 1. The predicted octanol–water partition coefficient (Wildman–Crippen LogP) is 2.07. The lowest BCUT2D eigenvalue weighted by molar-refractivity contribution is 0.190. The number of nitrogens with zero attached hydrogens (tertiary/aromatic N) is 1. The quantitative estimate of drug-likeness (QED) is 0.823. The molecular formula is C13H18N2OS. The van der Waals surface area contributed by atoms with Crippen LogP contribution < -0.4 is 5.32 Å². The average molecular weight is 250 g/mol. The minimum Gasteiger partial charge on any atom is -0.392 e. The Kier molecular flexibility index (Phi) is 4.36.